The summed E-state index contributed by atoms with van der Waals surface area (Å²) in [5, 5.41) is 0. The van der Waals surface area contributed by atoms with Gasteiger partial charge in [-0.1, -0.05) is 12.1 Å². The molecule has 0 aliphatic carbocycles. The van der Waals surface area contributed by atoms with Crippen LogP contribution in [0.3, 0.4) is 0 Å². The molecule has 0 saturated heterocycles. The topological polar surface area (TPSA) is 35.2 Å². The zero-order valence-corrected chi connectivity index (χ0v) is 10.6. The zero-order valence-electron chi connectivity index (χ0n) is 10.6. The first-order valence-corrected chi connectivity index (χ1v) is 6.02. The minimum atomic E-state index is -0.719. The summed E-state index contributed by atoms with van der Waals surface area (Å²) in [5.74, 6) is -0.784. The van der Waals surface area contributed by atoms with Gasteiger partial charge in [-0.25, -0.2) is 8.78 Å². The maximum absolute atomic E-state index is 13.5. The molecule has 0 aliphatic heterocycles. The van der Waals surface area contributed by atoms with Crippen LogP contribution in [0.1, 0.15) is 11.1 Å². The number of halogens is 2. The zero-order chi connectivity index (χ0) is 13.8. The third kappa shape index (κ3) is 3.29. The summed E-state index contributed by atoms with van der Waals surface area (Å²) >= 11 is 0. The number of hydrogen-bond donors (Lipinski definition) is 1. The van der Waals surface area contributed by atoms with Crippen molar-refractivity contribution < 1.29 is 13.5 Å². The fourth-order valence-corrected chi connectivity index (χ4v) is 1.75. The Balaban J connectivity index is 2.29. The van der Waals surface area contributed by atoms with E-state index in [4.69, 9.17) is 10.5 Å². The molecule has 2 aromatic carbocycles. The van der Waals surface area contributed by atoms with Gasteiger partial charge in [0.15, 0.2) is 11.6 Å². The molecule has 0 unspecified atom stereocenters. The van der Waals surface area contributed by atoms with E-state index in [1.807, 2.05) is 25.1 Å². The van der Waals surface area contributed by atoms with Crippen LogP contribution >= 0.6 is 0 Å². The Labute approximate surface area is 110 Å². The molecule has 0 heterocycles. The molecule has 2 nitrogen and oxygen atoms in total. The highest BCUT2D eigenvalue weighted by Gasteiger charge is 2.08. The number of aryl methyl sites for hydroxylation is 1. The average molecular weight is 263 g/mol. The van der Waals surface area contributed by atoms with E-state index in [1.165, 1.54) is 6.07 Å². The van der Waals surface area contributed by atoms with E-state index in [0.29, 0.717) is 12.3 Å². The van der Waals surface area contributed by atoms with Crippen LogP contribution in [0.4, 0.5) is 8.78 Å². The molecule has 0 fully saturated rings. The van der Waals surface area contributed by atoms with Crippen LogP contribution in [0.15, 0.2) is 36.4 Å². The molecule has 0 aliphatic rings. The maximum Gasteiger partial charge on any atom is 0.168 e. The van der Waals surface area contributed by atoms with Crippen molar-refractivity contribution in [2.75, 3.05) is 6.54 Å². The van der Waals surface area contributed by atoms with Crippen molar-refractivity contribution >= 4 is 0 Å². The largest absolute Gasteiger partial charge is 0.454 e. The van der Waals surface area contributed by atoms with Gasteiger partial charge < -0.3 is 10.5 Å². The Bertz CT molecular complexity index is 584. The minimum Gasteiger partial charge on any atom is -0.454 e. The normalized spacial score (nSPS) is 10.5. The van der Waals surface area contributed by atoms with Crippen molar-refractivity contribution in [1.82, 2.24) is 0 Å². The molecule has 0 amide bonds. The highest BCUT2D eigenvalue weighted by molar-refractivity contribution is 5.40. The predicted molar refractivity (Wildman–Crippen MR) is 70.4 cm³/mol. The van der Waals surface area contributed by atoms with Gasteiger partial charge in [-0.2, -0.15) is 0 Å². The summed E-state index contributed by atoms with van der Waals surface area (Å²) in [6.07, 6.45) is 0.725. The first-order valence-electron chi connectivity index (χ1n) is 6.02. The summed E-state index contributed by atoms with van der Waals surface area (Å²) in [6, 6.07) is 8.91. The summed E-state index contributed by atoms with van der Waals surface area (Å²) in [5.41, 5.74) is 7.40. The second-order valence-corrected chi connectivity index (χ2v) is 4.32. The van der Waals surface area contributed by atoms with E-state index in [2.05, 4.69) is 0 Å². The Morgan fingerprint density at radius 2 is 1.84 bits per heavy atom. The molecule has 0 bridgehead atoms. The molecule has 2 N–H and O–H groups in total. The van der Waals surface area contributed by atoms with Crippen LogP contribution in [0.5, 0.6) is 11.5 Å². The van der Waals surface area contributed by atoms with Gasteiger partial charge in [-0.05, 0) is 49.2 Å². The molecule has 2 aromatic rings. The molecule has 2 rings (SSSR count). The van der Waals surface area contributed by atoms with Crippen LogP contribution in [0.2, 0.25) is 0 Å². The van der Waals surface area contributed by atoms with E-state index in [0.717, 1.165) is 29.7 Å². The smallest absolute Gasteiger partial charge is 0.168 e. The van der Waals surface area contributed by atoms with E-state index in [9.17, 15) is 8.78 Å². The Morgan fingerprint density at radius 3 is 2.53 bits per heavy atom. The molecule has 0 saturated carbocycles. The van der Waals surface area contributed by atoms with Crippen LogP contribution in [0.25, 0.3) is 0 Å². The van der Waals surface area contributed by atoms with Crippen molar-refractivity contribution in [2.24, 2.45) is 5.73 Å². The third-order valence-electron chi connectivity index (χ3n) is 2.80. The second kappa shape index (κ2) is 5.80. The van der Waals surface area contributed by atoms with Crippen molar-refractivity contribution in [3.8, 4) is 11.5 Å². The van der Waals surface area contributed by atoms with Gasteiger partial charge in [0.05, 0.1) is 0 Å². The monoisotopic (exact) mass is 263 g/mol. The lowest BCUT2D eigenvalue weighted by Gasteiger charge is -2.11. The first-order chi connectivity index (χ1) is 9.10. The summed E-state index contributed by atoms with van der Waals surface area (Å²) < 4.78 is 31.9. The fourth-order valence-electron chi connectivity index (χ4n) is 1.75. The summed E-state index contributed by atoms with van der Waals surface area (Å²) in [6.45, 7) is 2.40. The van der Waals surface area contributed by atoms with E-state index in [-0.39, 0.29) is 5.75 Å². The number of ether oxygens (including phenoxy) is 1. The molecular weight excluding hydrogens is 248 g/mol. The lowest BCUT2D eigenvalue weighted by Crippen LogP contribution is -2.03. The van der Waals surface area contributed by atoms with Gasteiger partial charge in [0.2, 0.25) is 0 Å². The van der Waals surface area contributed by atoms with Crippen molar-refractivity contribution in [3.63, 3.8) is 0 Å². The number of hydrogen-bond acceptors (Lipinski definition) is 2. The number of benzene rings is 2. The van der Waals surface area contributed by atoms with Gasteiger partial charge >= 0.3 is 0 Å². The minimum absolute atomic E-state index is 0.00870. The lowest BCUT2D eigenvalue weighted by atomic mass is 10.1. The Kier molecular flexibility index (Phi) is 4.12. The summed E-state index contributed by atoms with van der Waals surface area (Å²) in [7, 11) is 0. The van der Waals surface area contributed by atoms with Crippen molar-refractivity contribution in [3.05, 3.63) is 59.2 Å². The van der Waals surface area contributed by atoms with Gasteiger partial charge in [-0.15, -0.1) is 0 Å². The maximum atomic E-state index is 13.5. The highest BCUT2D eigenvalue weighted by Crippen LogP contribution is 2.28. The SMILES string of the molecule is Cc1ccc(CCN)cc1Oc1ccc(F)cc1F. The molecule has 100 valence electrons. The van der Waals surface area contributed by atoms with Crippen LogP contribution < -0.4 is 10.5 Å². The van der Waals surface area contributed by atoms with Crippen molar-refractivity contribution in [1.29, 1.82) is 0 Å². The van der Waals surface area contributed by atoms with Crippen LogP contribution in [-0.4, -0.2) is 6.54 Å². The highest BCUT2D eigenvalue weighted by atomic mass is 19.1. The molecule has 19 heavy (non-hydrogen) atoms. The Hall–Kier alpha value is -1.94. The van der Waals surface area contributed by atoms with Gasteiger partial charge in [-0.3, -0.25) is 0 Å². The van der Waals surface area contributed by atoms with Gasteiger partial charge in [0.1, 0.15) is 11.6 Å². The summed E-state index contributed by atoms with van der Waals surface area (Å²) in [4.78, 5) is 0. The molecule has 0 atom stereocenters. The first kappa shape index (κ1) is 13.5. The molecule has 0 spiro atoms. The van der Waals surface area contributed by atoms with Crippen LogP contribution in [-0.2, 0) is 6.42 Å². The third-order valence-corrected chi connectivity index (χ3v) is 2.80. The van der Waals surface area contributed by atoms with Gasteiger partial charge in [0.25, 0.3) is 0 Å². The van der Waals surface area contributed by atoms with Crippen molar-refractivity contribution in [2.45, 2.75) is 13.3 Å². The average Bonchev–Trinajstić information content (AvgIpc) is 2.37. The Morgan fingerprint density at radius 1 is 1.05 bits per heavy atom. The molecule has 0 aromatic heterocycles. The molecule has 4 heteroatoms. The second-order valence-electron chi connectivity index (χ2n) is 4.32. The quantitative estimate of drug-likeness (QED) is 0.915. The lowest BCUT2D eigenvalue weighted by molar-refractivity contribution is 0.434. The van der Waals surface area contributed by atoms with E-state index in [1.54, 1.807) is 0 Å². The van der Waals surface area contributed by atoms with Gasteiger partial charge in [0, 0.05) is 6.07 Å². The molecule has 0 radical (unpaired) electrons. The number of nitrogens with two attached hydrogens (primary N) is 1. The standard InChI is InChI=1S/C15H15F2NO/c1-10-2-3-11(6-7-18)8-15(10)19-14-5-4-12(16)9-13(14)17/h2-5,8-9H,6-7,18H2,1H3. The number of rotatable bonds is 4. The predicted octanol–water partition coefficient (Wildman–Crippen LogP) is 3.57. The molecular formula is C15H15F2NO. The van der Waals surface area contributed by atoms with E-state index < -0.39 is 11.6 Å². The van der Waals surface area contributed by atoms with E-state index >= 15 is 0 Å². The van der Waals surface area contributed by atoms with Crippen LogP contribution in [0, 0.1) is 18.6 Å². The fraction of sp³-hybridized carbons (Fsp3) is 0.200.